The Morgan fingerprint density at radius 2 is 1.81 bits per heavy atom. The zero-order valence-electron chi connectivity index (χ0n) is 7.77. The van der Waals surface area contributed by atoms with Crippen LogP contribution in [0, 0.1) is 20.2 Å². The van der Waals surface area contributed by atoms with Gasteiger partial charge in [-0.05, 0) is 0 Å². The fourth-order valence-corrected chi connectivity index (χ4v) is 1.62. The summed E-state index contributed by atoms with van der Waals surface area (Å²) in [6.45, 7) is 0. The number of nitro groups is 2. The second-order valence-electron chi connectivity index (χ2n) is 2.59. The summed E-state index contributed by atoms with van der Waals surface area (Å²) in [4.78, 5) is 19.5. The summed E-state index contributed by atoms with van der Waals surface area (Å²) in [6.07, 6.45) is 0. The summed E-state index contributed by atoms with van der Waals surface area (Å²) in [5.41, 5.74) is -1.36. The van der Waals surface area contributed by atoms with Crippen LogP contribution in [-0.2, 0) is 0 Å². The van der Waals surface area contributed by atoms with Crippen LogP contribution >= 0.6 is 23.2 Å². The molecule has 1 aromatic rings. The van der Waals surface area contributed by atoms with Gasteiger partial charge in [0.25, 0.3) is 5.69 Å². The zero-order valence-corrected chi connectivity index (χ0v) is 9.28. The van der Waals surface area contributed by atoms with E-state index in [9.17, 15) is 20.2 Å². The van der Waals surface area contributed by atoms with Crippen LogP contribution in [-0.4, -0.2) is 17.0 Å². The number of halogens is 2. The lowest BCUT2D eigenvalue weighted by atomic mass is 10.2. The Morgan fingerprint density at radius 3 is 2.19 bits per heavy atom. The molecule has 0 atom stereocenters. The minimum atomic E-state index is -0.889. The zero-order chi connectivity index (χ0) is 12.5. The highest BCUT2D eigenvalue weighted by atomic mass is 35.5. The predicted octanol–water partition coefficient (Wildman–Crippen LogP) is 2.82. The lowest BCUT2D eigenvalue weighted by Gasteiger charge is -2.05. The summed E-state index contributed by atoms with van der Waals surface area (Å²) in [7, 11) is 1.15. The number of hydrogen-bond acceptors (Lipinski definition) is 5. The van der Waals surface area contributed by atoms with E-state index in [0.717, 1.165) is 13.2 Å². The van der Waals surface area contributed by atoms with E-state index in [4.69, 9.17) is 23.2 Å². The molecule has 0 aromatic heterocycles. The minimum Gasteiger partial charge on any atom is -0.489 e. The molecule has 0 spiro atoms. The van der Waals surface area contributed by atoms with Crippen molar-refractivity contribution in [3.05, 3.63) is 36.3 Å². The Bertz CT molecular complexity index is 476. The maximum Gasteiger partial charge on any atom is 0.337 e. The first-order chi connectivity index (χ1) is 7.40. The Labute approximate surface area is 98.8 Å². The minimum absolute atomic E-state index is 0.245. The third-order valence-electron chi connectivity index (χ3n) is 1.71. The van der Waals surface area contributed by atoms with Crippen molar-refractivity contribution in [1.82, 2.24) is 0 Å². The summed E-state index contributed by atoms with van der Waals surface area (Å²) in [6, 6.07) is 0.899. The molecule has 0 amide bonds. The Balaban J connectivity index is 3.65. The van der Waals surface area contributed by atoms with Crippen molar-refractivity contribution in [3.8, 4) is 5.75 Å². The molecule has 0 saturated carbocycles. The molecule has 86 valence electrons. The summed E-state index contributed by atoms with van der Waals surface area (Å²) < 4.78 is 4.67. The van der Waals surface area contributed by atoms with Crippen molar-refractivity contribution >= 4 is 34.6 Å². The first kappa shape index (κ1) is 12.5. The van der Waals surface area contributed by atoms with Crippen LogP contribution in [0.15, 0.2) is 6.07 Å². The van der Waals surface area contributed by atoms with Crippen LogP contribution < -0.4 is 4.74 Å². The second-order valence-corrected chi connectivity index (χ2v) is 3.37. The number of methoxy groups -OCH3 is 1. The van der Waals surface area contributed by atoms with Crippen LogP contribution in [0.3, 0.4) is 0 Å². The largest absolute Gasteiger partial charge is 0.489 e. The maximum absolute atomic E-state index is 10.7. The Kier molecular flexibility index (Phi) is 3.51. The number of ether oxygens (including phenoxy) is 1. The summed E-state index contributed by atoms with van der Waals surface area (Å²) in [5, 5.41) is 20.4. The van der Waals surface area contributed by atoms with E-state index in [0.29, 0.717) is 0 Å². The van der Waals surface area contributed by atoms with Gasteiger partial charge in [0.05, 0.1) is 22.0 Å². The van der Waals surface area contributed by atoms with Gasteiger partial charge in [-0.25, -0.2) is 0 Å². The van der Waals surface area contributed by atoms with E-state index >= 15 is 0 Å². The van der Waals surface area contributed by atoms with E-state index in [2.05, 4.69) is 4.74 Å². The predicted molar refractivity (Wildman–Crippen MR) is 56.3 cm³/mol. The van der Waals surface area contributed by atoms with Crippen molar-refractivity contribution in [2.45, 2.75) is 0 Å². The standard InChI is InChI=1S/C7H4Cl2N2O5/c1-16-7-3(8)2-4(10(12)13)5(9)6(7)11(14)15/h2H,1H3. The molecule has 1 rings (SSSR count). The van der Waals surface area contributed by atoms with Crippen LogP contribution in [0.1, 0.15) is 0 Å². The van der Waals surface area contributed by atoms with E-state index in [-0.39, 0.29) is 10.8 Å². The SMILES string of the molecule is COc1c(Cl)cc([N+](=O)[O-])c(Cl)c1[N+](=O)[O-]. The number of rotatable bonds is 3. The molecule has 0 unspecified atom stereocenters. The van der Waals surface area contributed by atoms with Crippen LogP contribution in [0.5, 0.6) is 5.75 Å². The molecular weight excluding hydrogens is 263 g/mol. The highest BCUT2D eigenvalue weighted by Crippen LogP contribution is 2.45. The average molecular weight is 267 g/mol. The molecule has 0 aliphatic rings. The van der Waals surface area contributed by atoms with E-state index < -0.39 is 26.2 Å². The lowest BCUT2D eigenvalue weighted by Crippen LogP contribution is -1.99. The van der Waals surface area contributed by atoms with Crippen LogP contribution in [0.4, 0.5) is 11.4 Å². The molecule has 0 aliphatic carbocycles. The van der Waals surface area contributed by atoms with Gasteiger partial charge in [-0.2, -0.15) is 0 Å². The van der Waals surface area contributed by atoms with Gasteiger partial charge >= 0.3 is 5.69 Å². The van der Waals surface area contributed by atoms with Crippen LogP contribution in [0.25, 0.3) is 0 Å². The fourth-order valence-electron chi connectivity index (χ4n) is 1.07. The van der Waals surface area contributed by atoms with Gasteiger partial charge in [0.2, 0.25) is 5.75 Å². The van der Waals surface area contributed by atoms with Gasteiger partial charge < -0.3 is 4.74 Å². The van der Waals surface area contributed by atoms with Gasteiger partial charge in [0.15, 0.2) is 5.02 Å². The quantitative estimate of drug-likeness (QED) is 0.619. The number of benzene rings is 1. The Morgan fingerprint density at radius 1 is 1.25 bits per heavy atom. The highest BCUT2D eigenvalue weighted by molar-refractivity contribution is 6.38. The van der Waals surface area contributed by atoms with Crippen molar-refractivity contribution < 1.29 is 14.6 Å². The van der Waals surface area contributed by atoms with Crippen molar-refractivity contribution in [3.63, 3.8) is 0 Å². The van der Waals surface area contributed by atoms with Gasteiger partial charge in [-0.3, -0.25) is 20.2 Å². The van der Waals surface area contributed by atoms with E-state index in [1.54, 1.807) is 0 Å². The molecule has 0 heterocycles. The number of nitrogens with zero attached hydrogens (tertiary/aromatic N) is 2. The van der Waals surface area contributed by atoms with Crippen molar-refractivity contribution in [1.29, 1.82) is 0 Å². The van der Waals surface area contributed by atoms with E-state index in [1.165, 1.54) is 0 Å². The molecule has 9 heteroatoms. The first-order valence-corrected chi connectivity index (χ1v) is 4.50. The number of hydrogen-bond donors (Lipinski definition) is 0. The summed E-state index contributed by atoms with van der Waals surface area (Å²) >= 11 is 11.1. The number of nitro benzene ring substituents is 2. The normalized spacial score (nSPS) is 9.94. The topological polar surface area (TPSA) is 95.5 Å². The molecule has 0 N–H and O–H groups in total. The third-order valence-corrected chi connectivity index (χ3v) is 2.36. The first-order valence-electron chi connectivity index (χ1n) is 3.75. The molecule has 0 radical (unpaired) electrons. The van der Waals surface area contributed by atoms with Gasteiger partial charge in [0.1, 0.15) is 0 Å². The van der Waals surface area contributed by atoms with Crippen molar-refractivity contribution in [2.24, 2.45) is 0 Å². The van der Waals surface area contributed by atoms with E-state index in [1.807, 2.05) is 0 Å². The maximum atomic E-state index is 10.7. The van der Waals surface area contributed by atoms with Crippen LogP contribution in [0.2, 0.25) is 10.0 Å². The third kappa shape index (κ3) is 2.00. The molecule has 0 saturated heterocycles. The molecule has 1 aromatic carbocycles. The molecule has 0 fully saturated rings. The average Bonchev–Trinajstić information content (AvgIpc) is 2.19. The van der Waals surface area contributed by atoms with Gasteiger partial charge in [0, 0.05) is 6.07 Å². The molecule has 0 bridgehead atoms. The van der Waals surface area contributed by atoms with Crippen molar-refractivity contribution in [2.75, 3.05) is 7.11 Å². The smallest absolute Gasteiger partial charge is 0.337 e. The monoisotopic (exact) mass is 266 g/mol. The Hall–Kier alpha value is -1.60. The lowest BCUT2D eigenvalue weighted by molar-refractivity contribution is -0.394. The molecule has 16 heavy (non-hydrogen) atoms. The second kappa shape index (κ2) is 4.50. The molecular formula is C7H4Cl2N2O5. The molecule has 0 aliphatic heterocycles. The van der Waals surface area contributed by atoms with Gasteiger partial charge in [-0.1, -0.05) is 23.2 Å². The summed E-state index contributed by atoms with van der Waals surface area (Å²) in [5.74, 6) is -0.303. The fraction of sp³-hybridized carbons (Fsp3) is 0.143. The van der Waals surface area contributed by atoms with Gasteiger partial charge in [-0.15, -0.1) is 0 Å². The highest BCUT2D eigenvalue weighted by Gasteiger charge is 2.31. The molecule has 7 nitrogen and oxygen atoms in total.